The van der Waals surface area contributed by atoms with Gasteiger partial charge in [0.2, 0.25) is 0 Å². The quantitative estimate of drug-likeness (QED) is 0.509. The number of aliphatic imine (C=N–C) groups is 1. The van der Waals surface area contributed by atoms with Crippen molar-refractivity contribution in [1.82, 2.24) is 5.32 Å². The zero-order valence-electron chi connectivity index (χ0n) is 5.66. The van der Waals surface area contributed by atoms with Crippen molar-refractivity contribution in [3.05, 3.63) is 0 Å². The van der Waals surface area contributed by atoms with Crippen molar-refractivity contribution in [2.45, 2.75) is 12.0 Å². The number of imide groups is 1. The molecule has 0 aromatic heterocycles. The van der Waals surface area contributed by atoms with E-state index < -0.39 is 17.5 Å². The molecule has 0 aliphatic carbocycles. The van der Waals surface area contributed by atoms with Gasteiger partial charge in [-0.15, -0.1) is 0 Å². The first kappa shape index (κ1) is 6.48. The number of hydrogen-bond acceptors (Lipinski definition) is 3. The van der Waals surface area contributed by atoms with Crippen LogP contribution in [0.3, 0.4) is 0 Å². The Morgan fingerprint density at radius 1 is 1.64 bits per heavy atom. The highest BCUT2D eigenvalue weighted by Gasteiger charge is 2.47. The van der Waals surface area contributed by atoms with Crippen LogP contribution < -0.4 is 5.32 Å². The number of amides is 3. The Labute approximate surface area is 62.4 Å². The van der Waals surface area contributed by atoms with Crippen molar-refractivity contribution in [3.63, 3.8) is 0 Å². The minimum absolute atomic E-state index is 0.399. The molecule has 1 N–H and O–H groups in total. The Bertz CT molecular complexity index is 255. The van der Waals surface area contributed by atoms with Gasteiger partial charge in [0.15, 0.2) is 5.60 Å². The Balaban J connectivity index is 2.29. The number of nitrogens with zero attached hydrogens (tertiary/aromatic N) is 1. The van der Waals surface area contributed by atoms with Crippen molar-refractivity contribution in [2.75, 3.05) is 6.61 Å². The summed E-state index contributed by atoms with van der Waals surface area (Å²) in [5.41, 5.74) is -0.923. The molecule has 0 radical (unpaired) electrons. The third kappa shape index (κ3) is 0.775. The molecule has 1 spiro atoms. The van der Waals surface area contributed by atoms with Gasteiger partial charge >= 0.3 is 6.03 Å². The summed E-state index contributed by atoms with van der Waals surface area (Å²) in [5.74, 6) is -0.399. The van der Waals surface area contributed by atoms with Crippen molar-refractivity contribution in [2.24, 2.45) is 4.99 Å². The lowest BCUT2D eigenvalue weighted by molar-refractivity contribution is -0.155. The fourth-order valence-corrected chi connectivity index (χ4v) is 1.06. The van der Waals surface area contributed by atoms with Crippen molar-refractivity contribution in [1.29, 1.82) is 0 Å². The summed E-state index contributed by atoms with van der Waals surface area (Å²) in [6.07, 6.45) is 1.88. The predicted octanol–water partition coefficient (Wildman–Crippen LogP) is -0.534. The van der Waals surface area contributed by atoms with Gasteiger partial charge < -0.3 is 4.74 Å². The largest absolute Gasteiger partial charge is 0.359 e. The van der Waals surface area contributed by atoms with Crippen LogP contribution in [-0.2, 0) is 9.53 Å². The molecule has 1 atom stereocenters. The van der Waals surface area contributed by atoms with E-state index in [-0.39, 0.29) is 0 Å². The minimum Gasteiger partial charge on any atom is -0.359 e. The topological polar surface area (TPSA) is 67.8 Å². The third-order valence-electron chi connectivity index (χ3n) is 1.83. The van der Waals surface area contributed by atoms with Crippen LogP contribution in [0.4, 0.5) is 4.79 Å². The second-order valence-electron chi connectivity index (χ2n) is 2.51. The van der Waals surface area contributed by atoms with E-state index in [4.69, 9.17) is 4.74 Å². The number of rotatable bonds is 0. The Hall–Kier alpha value is -1.23. The third-order valence-corrected chi connectivity index (χ3v) is 1.83. The number of urea groups is 1. The summed E-state index contributed by atoms with van der Waals surface area (Å²) in [7, 11) is 0. The Morgan fingerprint density at radius 2 is 2.36 bits per heavy atom. The molecule has 0 saturated carbocycles. The van der Waals surface area contributed by atoms with Crippen molar-refractivity contribution in [3.8, 4) is 0 Å². The number of nitrogens with one attached hydrogen (secondary N) is 1. The molecule has 1 saturated heterocycles. The molecule has 1 fully saturated rings. The normalized spacial score (nSPS) is 35.3. The van der Waals surface area contributed by atoms with Crippen molar-refractivity contribution < 1.29 is 14.3 Å². The molecular weight excluding hydrogens is 148 g/mol. The van der Waals surface area contributed by atoms with E-state index in [1.54, 1.807) is 0 Å². The van der Waals surface area contributed by atoms with Crippen molar-refractivity contribution >= 4 is 18.2 Å². The van der Waals surface area contributed by atoms with Crippen LogP contribution in [0.5, 0.6) is 0 Å². The van der Waals surface area contributed by atoms with Gasteiger partial charge in [0.1, 0.15) is 0 Å². The maximum absolute atomic E-state index is 11.1. The fourth-order valence-electron chi connectivity index (χ4n) is 1.06. The van der Waals surface area contributed by atoms with Gasteiger partial charge in [0, 0.05) is 6.42 Å². The zero-order chi connectivity index (χ0) is 7.90. The van der Waals surface area contributed by atoms with Gasteiger partial charge in [-0.1, -0.05) is 0 Å². The first-order chi connectivity index (χ1) is 5.23. The lowest BCUT2D eigenvalue weighted by Gasteiger charge is -2.37. The summed E-state index contributed by atoms with van der Waals surface area (Å²) >= 11 is 0. The van der Waals surface area contributed by atoms with Gasteiger partial charge in [-0.25, -0.2) is 9.79 Å². The van der Waals surface area contributed by atoms with Crippen LogP contribution in [0, 0.1) is 0 Å². The Morgan fingerprint density at radius 3 is 2.82 bits per heavy atom. The monoisotopic (exact) mass is 154 g/mol. The fraction of sp³-hybridized carbons (Fsp3) is 0.500. The van der Waals surface area contributed by atoms with E-state index in [2.05, 4.69) is 10.3 Å². The van der Waals surface area contributed by atoms with Crippen LogP contribution in [0.2, 0.25) is 0 Å². The molecule has 5 nitrogen and oxygen atoms in total. The van der Waals surface area contributed by atoms with E-state index in [1.807, 2.05) is 0 Å². The molecular formula is C6H6N2O3. The van der Waals surface area contributed by atoms with Crippen LogP contribution in [0.15, 0.2) is 4.99 Å². The number of carbonyl (C=O) groups is 2. The summed E-state index contributed by atoms with van der Waals surface area (Å²) < 4.78 is 5.01. The highest BCUT2D eigenvalue weighted by Crippen LogP contribution is 2.26. The highest BCUT2D eigenvalue weighted by molar-refractivity contribution is 6.15. The standard InChI is InChI=1S/C6H6N2O3/c9-4-6(1-2-11-6)3-7-5(10)8-4/h3H,1-2H2,(H,8,9,10). The highest BCUT2D eigenvalue weighted by atomic mass is 16.5. The van der Waals surface area contributed by atoms with Crippen LogP contribution in [0.1, 0.15) is 6.42 Å². The number of carbonyl (C=O) groups excluding carboxylic acids is 2. The summed E-state index contributed by atoms with van der Waals surface area (Å²) in [4.78, 5) is 25.0. The van der Waals surface area contributed by atoms with Gasteiger partial charge in [-0.2, -0.15) is 0 Å². The maximum Gasteiger partial charge on any atom is 0.347 e. The average Bonchev–Trinajstić information content (AvgIpc) is 1.84. The summed E-state index contributed by atoms with van der Waals surface area (Å²) in [6.45, 7) is 0.549. The van der Waals surface area contributed by atoms with Crippen LogP contribution in [-0.4, -0.2) is 30.4 Å². The maximum atomic E-state index is 11.1. The lowest BCUT2D eigenvalue weighted by Crippen LogP contribution is -2.60. The molecule has 58 valence electrons. The van der Waals surface area contributed by atoms with E-state index in [1.165, 1.54) is 6.21 Å². The molecule has 2 aliphatic heterocycles. The first-order valence-electron chi connectivity index (χ1n) is 3.28. The van der Waals surface area contributed by atoms with Crippen LogP contribution >= 0.6 is 0 Å². The second-order valence-corrected chi connectivity index (χ2v) is 2.51. The summed E-state index contributed by atoms with van der Waals surface area (Å²) in [5, 5.41) is 2.07. The minimum atomic E-state index is -0.923. The molecule has 3 amide bonds. The van der Waals surface area contributed by atoms with Gasteiger partial charge in [0.25, 0.3) is 5.91 Å². The van der Waals surface area contributed by atoms with E-state index >= 15 is 0 Å². The lowest BCUT2D eigenvalue weighted by atomic mass is 9.94. The molecule has 5 heteroatoms. The second kappa shape index (κ2) is 1.88. The molecule has 0 aromatic rings. The van der Waals surface area contributed by atoms with Gasteiger partial charge in [0.05, 0.1) is 12.8 Å². The van der Waals surface area contributed by atoms with Gasteiger partial charge in [-0.05, 0) is 0 Å². The molecule has 1 unspecified atom stereocenters. The zero-order valence-corrected chi connectivity index (χ0v) is 5.66. The number of ether oxygens (including phenoxy) is 1. The van der Waals surface area contributed by atoms with E-state index in [0.29, 0.717) is 13.0 Å². The summed E-state index contributed by atoms with van der Waals surface area (Å²) in [6, 6.07) is -0.615. The molecule has 0 bridgehead atoms. The smallest absolute Gasteiger partial charge is 0.347 e. The molecule has 2 heterocycles. The molecule has 2 aliphatic rings. The SMILES string of the molecule is O=C1N=CC2(CCO2)C(=O)N1. The van der Waals surface area contributed by atoms with Gasteiger partial charge in [-0.3, -0.25) is 10.1 Å². The molecule has 0 aromatic carbocycles. The van der Waals surface area contributed by atoms with E-state index in [0.717, 1.165) is 0 Å². The average molecular weight is 154 g/mol. The van der Waals surface area contributed by atoms with Crippen LogP contribution in [0.25, 0.3) is 0 Å². The van der Waals surface area contributed by atoms with E-state index in [9.17, 15) is 9.59 Å². The first-order valence-corrected chi connectivity index (χ1v) is 3.28. The predicted molar refractivity (Wildman–Crippen MR) is 35.3 cm³/mol. The molecule has 2 rings (SSSR count). The number of hydrogen-bond donors (Lipinski definition) is 1. The molecule has 11 heavy (non-hydrogen) atoms. The Kier molecular flexibility index (Phi) is 1.11.